The highest BCUT2D eigenvalue weighted by Gasteiger charge is 2.15. The Morgan fingerprint density at radius 2 is 2.16 bits per heavy atom. The number of aryl methyl sites for hydroxylation is 2. The highest BCUT2D eigenvalue weighted by molar-refractivity contribution is 5.94. The zero-order valence-electron chi connectivity index (χ0n) is 13.9. The molecule has 0 saturated carbocycles. The molecule has 0 radical (unpaired) electrons. The van der Waals surface area contributed by atoms with Gasteiger partial charge in [-0.1, -0.05) is 0 Å². The summed E-state index contributed by atoms with van der Waals surface area (Å²) < 4.78 is 5.82. The van der Waals surface area contributed by atoms with E-state index in [2.05, 4.69) is 25.6 Å². The first-order valence-corrected chi connectivity index (χ1v) is 8.30. The van der Waals surface area contributed by atoms with Gasteiger partial charge in [0.1, 0.15) is 29.6 Å². The molecule has 1 aliphatic rings. The molecular formula is C18H19N5O2. The van der Waals surface area contributed by atoms with Crippen LogP contribution in [0.15, 0.2) is 30.5 Å². The number of carbonyl (C=O) groups is 1. The van der Waals surface area contributed by atoms with Crippen LogP contribution in [0.1, 0.15) is 17.8 Å². The van der Waals surface area contributed by atoms with Gasteiger partial charge in [0.2, 0.25) is 5.91 Å². The van der Waals surface area contributed by atoms with Crippen molar-refractivity contribution in [2.24, 2.45) is 0 Å². The smallest absolute Gasteiger partial charge is 0.224 e. The van der Waals surface area contributed by atoms with Crippen LogP contribution in [0.2, 0.25) is 0 Å². The molecule has 0 unspecified atom stereocenters. The normalized spacial score (nSPS) is 13.4. The number of aromatic amines is 1. The molecule has 25 heavy (non-hydrogen) atoms. The number of rotatable bonds is 5. The maximum Gasteiger partial charge on any atom is 0.224 e. The lowest BCUT2D eigenvalue weighted by molar-refractivity contribution is -0.116. The molecule has 7 nitrogen and oxygen atoms in total. The fourth-order valence-corrected chi connectivity index (χ4v) is 2.98. The second kappa shape index (κ2) is 6.43. The van der Waals surface area contributed by atoms with Gasteiger partial charge in [-0.3, -0.25) is 4.79 Å². The minimum absolute atomic E-state index is 0.0709. The van der Waals surface area contributed by atoms with Crippen LogP contribution in [0, 0.1) is 6.92 Å². The maximum absolute atomic E-state index is 11.4. The van der Waals surface area contributed by atoms with Crippen molar-refractivity contribution in [3.8, 4) is 5.75 Å². The minimum atomic E-state index is 0.0709. The molecule has 0 bridgehead atoms. The monoisotopic (exact) mass is 337 g/mol. The first-order chi connectivity index (χ1) is 12.2. The number of carbonyl (C=O) groups excluding carboxylic acids is 1. The summed E-state index contributed by atoms with van der Waals surface area (Å²) in [7, 11) is 0. The summed E-state index contributed by atoms with van der Waals surface area (Å²) in [5.74, 6) is 2.40. The Morgan fingerprint density at radius 3 is 3.08 bits per heavy atom. The van der Waals surface area contributed by atoms with Crippen molar-refractivity contribution in [1.82, 2.24) is 15.0 Å². The number of anilines is 2. The molecule has 2 aromatic heterocycles. The third-order valence-electron chi connectivity index (χ3n) is 4.16. The van der Waals surface area contributed by atoms with Gasteiger partial charge in [0.15, 0.2) is 0 Å². The summed E-state index contributed by atoms with van der Waals surface area (Å²) in [6, 6.07) is 7.72. The molecule has 1 amide bonds. The molecule has 7 heteroatoms. The van der Waals surface area contributed by atoms with Gasteiger partial charge < -0.3 is 20.4 Å². The van der Waals surface area contributed by atoms with Gasteiger partial charge in [-0.2, -0.15) is 0 Å². The lowest BCUT2D eigenvalue weighted by atomic mass is 10.0. The molecular weight excluding hydrogens is 318 g/mol. The number of fused-ring (bicyclic) bond motifs is 2. The molecule has 0 saturated heterocycles. The number of hydrogen-bond acceptors (Lipinski definition) is 5. The van der Waals surface area contributed by atoms with Gasteiger partial charge in [-0.15, -0.1) is 0 Å². The second-order valence-corrected chi connectivity index (χ2v) is 6.00. The van der Waals surface area contributed by atoms with E-state index in [4.69, 9.17) is 4.74 Å². The molecule has 128 valence electrons. The van der Waals surface area contributed by atoms with Crippen molar-refractivity contribution in [2.75, 3.05) is 23.8 Å². The quantitative estimate of drug-likeness (QED) is 0.623. The lowest BCUT2D eigenvalue weighted by Crippen LogP contribution is -2.19. The van der Waals surface area contributed by atoms with E-state index in [1.54, 1.807) is 0 Å². The van der Waals surface area contributed by atoms with E-state index < -0.39 is 0 Å². The molecule has 1 aliphatic heterocycles. The van der Waals surface area contributed by atoms with Gasteiger partial charge >= 0.3 is 0 Å². The summed E-state index contributed by atoms with van der Waals surface area (Å²) in [6.45, 7) is 3.01. The first kappa shape index (κ1) is 15.4. The van der Waals surface area contributed by atoms with Gasteiger partial charge in [0, 0.05) is 18.3 Å². The third-order valence-corrected chi connectivity index (χ3v) is 4.16. The number of aromatic nitrogens is 3. The average molecular weight is 337 g/mol. The van der Waals surface area contributed by atoms with Crippen molar-refractivity contribution in [3.05, 3.63) is 41.9 Å². The largest absolute Gasteiger partial charge is 0.492 e. The molecule has 4 rings (SSSR count). The molecule has 0 spiro atoms. The Hall–Kier alpha value is -3.09. The topological polar surface area (TPSA) is 91.9 Å². The molecule has 3 N–H and O–H groups in total. The molecule has 0 fully saturated rings. The zero-order valence-corrected chi connectivity index (χ0v) is 13.9. The SMILES string of the molecule is Cc1nc(NCCOc2ccc3c(c2)CCC(=O)N3)c2cc[nH]c2n1. The number of nitrogens with one attached hydrogen (secondary N) is 3. The predicted molar refractivity (Wildman–Crippen MR) is 96.0 cm³/mol. The fourth-order valence-electron chi connectivity index (χ4n) is 2.98. The Kier molecular flexibility index (Phi) is 3.97. The van der Waals surface area contributed by atoms with Crippen molar-refractivity contribution >= 4 is 28.4 Å². The van der Waals surface area contributed by atoms with Gasteiger partial charge in [0.05, 0.1) is 11.9 Å². The van der Waals surface area contributed by atoms with E-state index in [-0.39, 0.29) is 5.91 Å². The second-order valence-electron chi connectivity index (χ2n) is 6.00. The Morgan fingerprint density at radius 1 is 1.24 bits per heavy atom. The van der Waals surface area contributed by atoms with Crippen LogP contribution in [0.5, 0.6) is 5.75 Å². The van der Waals surface area contributed by atoms with Crippen molar-refractivity contribution < 1.29 is 9.53 Å². The van der Waals surface area contributed by atoms with Crippen molar-refractivity contribution in [1.29, 1.82) is 0 Å². The Balaban J connectivity index is 1.36. The highest BCUT2D eigenvalue weighted by atomic mass is 16.5. The van der Waals surface area contributed by atoms with Crippen LogP contribution in [0.3, 0.4) is 0 Å². The van der Waals surface area contributed by atoms with Crippen LogP contribution >= 0.6 is 0 Å². The lowest BCUT2D eigenvalue weighted by Gasteiger charge is -2.17. The van der Waals surface area contributed by atoms with E-state index in [0.717, 1.165) is 46.1 Å². The number of amides is 1. The number of H-pyrrole nitrogens is 1. The van der Waals surface area contributed by atoms with E-state index in [9.17, 15) is 4.79 Å². The van der Waals surface area contributed by atoms with E-state index in [0.29, 0.717) is 19.6 Å². The van der Waals surface area contributed by atoms with Crippen molar-refractivity contribution in [2.45, 2.75) is 19.8 Å². The van der Waals surface area contributed by atoms with Crippen LogP contribution in [0.25, 0.3) is 11.0 Å². The van der Waals surface area contributed by atoms with Gasteiger partial charge in [-0.25, -0.2) is 9.97 Å². The Bertz CT molecular complexity index is 934. The van der Waals surface area contributed by atoms with E-state index in [1.807, 2.05) is 37.4 Å². The van der Waals surface area contributed by atoms with Crippen molar-refractivity contribution in [3.63, 3.8) is 0 Å². The third kappa shape index (κ3) is 3.26. The molecule has 3 heterocycles. The molecule has 1 aromatic carbocycles. The molecule has 0 aliphatic carbocycles. The Labute approximate surface area is 144 Å². The summed E-state index contributed by atoms with van der Waals surface area (Å²) in [5.41, 5.74) is 2.83. The summed E-state index contributed by atoms with van der Waals surface area (Å²) in [4.78, 5) is 23.3. The maximum atomic E-state index is 11.4. The molecule has 0 atom stereocenters. The summed E-state index contributed by atoms with van der Waals surface area (Å²) >= 11 is 0. The highest BCUT2D eigenvalue weighted by Crippen LogP contribution is 2.26. The fraction of sp³-hybridized carbons (Fsp3) is 0.278. The summed E-state index contributed by atoms with van der Waals surface area (Å²) in [6.07, 6.45) is 3.13. The minimum Gasteiger partial charge on any atom is -0.492 e. The number of nitrogens with zero attached hydrogens (tertiary/aromatic N) is 2. The van der Waals surface area contributed by atoms with Gasteiger partial charge in [0.25, 0.3) is 0 Å². The zero-order chi connectivity index (χ0) is 17.2. The average Bonchev–Trinajstić information content (AvgIpc) is 3.07. The van der Waals surface area contributed by atoms with E-state index >= 15 is 0 Å². The molecule has 3 aromatic rings. The van der Waals surface area contributed by atoms with Gasteiger partial charge in [-0.05, 0) is 43.2 Å². The first-order valence-electron chi connectivity index (χ1n) is 8.30. The predicted octanol–water partition coefficient (Wildman–Crippen LogP) is 2.64. The van der Waals surface area contributed by atoms with E-state index in [1.165, 1.54) is 0 Å². The summed E-state index contributed by atoms with van der Waals surface area (Å²) in [5, 5.41) is 7.14. The number of ether oxygens (including phenoxy) is 1. The van der Waals surface area contributed by atoms with Crippen LogP contribution < -0.4 is 15.4 Å². The van der Waals surface area contributed by atoms with Crippen LogP contribution in [0.4, 0.5) is 11.5 Å². The standard InChI is InChI=1S/C18H19N5O2/c1-11-21-17-14(6-7-19-17)18(22-11)20-8-9-25-13-3-4-15-12(10-13)2-5-16(24)23-15/h3-4,6-7,10H,2,5,8-9H2,1H3,(H,23,24)(H2,19,20,21,22). The number of hydrogen-bond donors (Lipinski definition) is 3. The number of benzene rings is 1. The van der Waals surface area contributed by atoms with Crippen LogP contribution in [-0.2, 0) is 11.2 Å². The van der Waals surface area contributed by atoms with Crippen LogP contribution in [-0.4, -0.2) is 34.0 Å².